The van der Waals surface area contributed by atoms with E-state index >= 15 is 13.2 Å². The van der Waals surface area contributed by atoms with Crippen molar-refractivity contribution >= 4 is 184 Å². The Morgan fingerprint density at radius 3 is 1.52 bits per heavy atom. The van der Waals surface area contributed by atoms with Gasteiger partial charge in [-0.2, -0.15) is 8.42 Å². The second-order valence-electron chi connectivity index (χ2n) is 32.8. The van der Waals surface area contributed by atoms with Gasteiger partial charge in [-0.25, -0.2) is 44.4 Å². The highest BCUT2D eigenvalue weighted by Crippen LogP contribution is 2.41. The van der Waals surface area contributed by atoms with Gasteiger partial charge < -0.3 is 57.3 Å². The lowest BCUT2D eigenvalue weighted by Gasteiger charge is -2.32. The number of halogens is 11. The lowest BCUT2D eigenvalue weighted by molar-refractivity contribution is -0.141. The van der Waals surface area contributed by atoms with Crippen molar-refractivity contribution in [3.8, 4) is 28.4 Å². The van der Waals surface area contributed by atoms with Gasteiger partial charge in [-0.05, 0) is 236 Å². The van der Waals surface area contributed by atoms with Crippen molar-refractivity contribution in [2.75, 3.05) is 60.6 Å². The van der Waals surface area contributed by atoms with Crippen molar-refractivity contribution in [1.29, 1.82) is 0 Å². The standard InChI is InChI=1S/C30H28BCl2F2N3O6S.C29H28ClF2N3O6S.C13H18O5S.C12H14BrClO3.C6H4BrClO.3H2/c1-6-12-45(41,42)37-22-11-10-21(34)24(25(22)35)26(39)18-15-38(28(40)23-19(32)8-7-9-20(23)33)27-17(18)13-16(14-36-27)31-43-29(2,3)30(4,5)44-31;1-4-9-42(37,38)35-24-8-7-23(31)25(26(24)32)27(36)21-13-34-28-20(21)10-16(12-33-28)19-6-5-17(11-22(19)30)39-14-18-15-40-29(2,3)41-18;1-10-4-6-12(7-5-10)19(14,15)17-9-11-8-16-13(2,3)18-11;1-12(2)16-7-9(17-12)6-15-8-3-4-10(13)11(14)5-8;7-5-2-1-4(9)3-6(5)8;;;/h7-11,13-15,37H,6,12H2,1-5H3;5-8,10-13,18,35H,4,9,14-15H2,1-3H3,(H,33,34);4-7,11H,8-9H2,1-3H3;3-5,9H,6-7H2,1-2H3;1-3,9H;3*1H. The number of nitrogens with one attached hydrogen (secondary N) is 3. The number of phenolic OH excluding ortho intramolecular Hbond substituents is 1. The van der Waals surface area contributed by atoms with Gasteiger partial charge in [-0.1, -0.05) is 95.6 Å². The Balaban J connectivity index is 0.000000226. The molecule has 0 saturated carbocycles. The topological polar surface area (TPSA) is 346 Å². The summed E-state index contributed by atoms with van der Waals surface area (Å²) in [6.07, 6.45) is 5.24. The summed E-state index contributed by atoms with van der Waals surface area (Å²) in [6, 6.07) is 32.9. The molecule has 712 valence electrons. The Bertz CT molecular complexity index is 6490. The first-order valence-corrected chi connectivity index (χ1v) is 48.9. The number of rotatable bonds is 25. The first-order chi connectivity index (χ1) is 61.8. The quantitative estimate of drug-likeness (QED) is 0.0179. The number of sulfonamides is 2. The number of aromatic amines is 1. The third kappa shape index (κ3) is 26.3. The van der Waals surface area contributed by atoms with Gasteiger partial charge in [0.1, 0.15) is 71.7 Å². The average molecular weight is 2120 g/mol. The lowest BCUT2D eigenvalue weighted by Crippen LogP contribution is -2.41. The second kappa shape index (κ2) is 42.9. The minimum absolute atomic E-state index is 0. The first kappa shape index (κ1) is 104. The second-order valence-corrected chi connectivity index (χ2v) is 41.8. The first-order valence-electron chi connectivity index (χ1n) is 40.7. The molecule has 4 fully saturated rings. The number of ketones is 2. The van der Waals surface area contributed by atoms with Gasteiger partial charge in [0.05, 0.1) is 113 Å². The summed E-state index contributed by atoms with van der Waals surface area (Å²) >= 11 is 37.3. The maximum atomic E-state index is 15.7. The molecule has 0 aliphatic carbocycles. The fourth-order valence-corrected chi connectivity index (χ4v) is 18.3. The number of anilines is 2. The number of benzene rings is 7. The molecule has 7 aromatic carbocycles. The number of fused-ring (bicyclic) bond motifs is 2. The predicted octanol–water partition coefficient (Wildman–Crippen LogP) is 21.1. The van der Waals surface area contributed by atoms with Crippen LogP contribution in [0.1, 0.15) is 148 Å². The summed E-state index contributed by atoms with van der Waals surface area (Å²) in [5.74, 6) is -9.02. The molecule has 4 aromatic heterocycles. The van der Waals surface area contributed by atoms with Crippen molar-refractivity contribution in [3.63, 3.8) is 0 Å². The molecule has 132 heavy (non-hydrogen) atoms. The van der Waals surface area contributed by atoms with Gasteiger partial charge in [-0.3, -0.25) is 32.6 Å². The van der Waals surface area contributed by atoms with E-state index < -0.39 is 129 Å². The maximum absolute atomic E-state index is 15.7. The smallest absolute Gasteiger partial charge is 0.496 e. The zero-order valence-electron chi connectivity index (χ0n) is 73.2. The van der Waals surface area contributed by atoms with Gasteiger partial charge in [0, 0.05) is 70.9 Å². The minimum Gasteiger partial charge on any atom is -0.508 e. The molecule has 4 aliphatic heterocycles. The van der Waals surface area contributed by atoms with E-state index in [9.17, 15) is 44.0 Å². The van der Waals surface area contributed by atoms with Crippen LogP contribution in [-0.4, -0.2) is 172 Å². The van der Waals surface area contributed by atoms with Crippen molar-refractivity contribution in [2.24, 2.45) is 0 Å². The molecular formula is C90H98BBr2Cl5F4N6O21S3. The van der Waals surface area contributed by atoms with E-state index in [0.29, 0.717) is 74.9 Å². The number of hydrogen-bond acceptors (Lipinski definition) is 23. The van der Waals surface area contributed by atoms with Gasteiger partial charge in [-0.15, -0.1) is 0 Å². The van der Waals surface area contributed by atoms with Crippen molar-refractivity contribution in [1.82, 2.24) is 19.5 Å². The number of aryl methyl sites for hydroxylation is 1. The van der Waals surface area contributed by atoms with Crippen LogP contribution in [0.5, 0.6) is 17.2 Å². The normalized spacial score (nSPS) is 17.5. The maximum Gasteiger partial charge on any atom is 0.496 e. The van der Waals surface area contributed by atoms with Gasteiger partial charge >= 0.3 is 7.12 Å². The third-order valence-electron chi connectivity index (χ3n) is 20.6. The van der Waals surface area contributed by atoms with Crippen molar-refractivity contribution in [3.05, 3.63) is 249 Å². The van der Waals surface area contributed by atoms with Gasteiger partial charge in [0.2, 0.25) is 31.6 Å². The number of phenols is 1. The Labute approximate surface area is 807 Å². The minimum atomic E-state index is -3.98. The van der Waals surface area contributed by atoms with Gasteiger partial charge in [0.15, 0.2) is 29.0 Å². The number of ether oxygens (including phenoxy) is 8. The molecule has 42 heteroatoms. The van der Waals surface area contributed by atoms with Crippen LogP contribution in [0.2, 0.25) is 25.1 Å². The molecule has 15 rings (SSSR count). The highest BCUT2D eigenvalue weighted by Gasteiger charge is 2.52. The van der Waals surface area contributed by atoms with E-state index in [0.717, 1.165) is 55.3 Å². The lowest BCUT2D eigenvalue weighted by atomic mass is 9.79. The highest BCUT2D eigenvalue weighted by molar-refractivity contribution is 9.11. The summed E-state index contributed by atoms with van der Waals surface area (Å²) in [5.41, 5.74) is -2.16. The molecule has 8 heterocycles. The van der Waals surface area contributed by atoms with Crippen LogP contribution in [0.4, 0.5) is 28.9 Å². The zero-order chi connectivity index (χ0) is 96.7. The van der Waals surface area contributed by atoms with Crippen LogP contribution in [0.15, 0.2) is 172 Å². The fraction of sp³-hybridized carbons (Fsp3) is 0.344. The Morgan fingerprint density at radius 2 is 1.05 bits per heavy atom. The Hall–Kier alpha value is -8.39. The predicted molar refractivity (Wildman–Crippen MR) is 509 cm³/mol. The SMILES string of the molecule is CC1(C)OCC(COc2ccc(Br)c(Cl)c2)O1.CCCS(=O)(=O)Nc1ccc(F)c(C(=O)c2c[nH]c3ncc(-c4ccc(OCC5COC(C)(C)O5)cc4Cl)cc23)c1F.CCCS(=O)(=O)Nc1ccc(F)c(C(=O)c2cn(C(=O)c3c(Cl)cccc3Cl)c3ncc(B4OC(C)(C)C(C)(C)O4)cc23)c1F.Cc1ccc(S(=O)(=O)OCC2COC(C)(C)O2)cc1.Oc1ccc(Br)c(Cl)c1.[HH].[HH].[HH]. The van der Waals surface area contributed by atoms with Crippen LogP contribution in [0.3, 0.4) is 0 Å². The molecule has 27 nitrogen and oxygen atoms in total. The summed E-state index contributed by atoms with van der Waals surface area (Å²) in [6.45, 7) is 25.5. The molecule has 0 spiro atoms. The Kier molecular flexibility index (Phi) is 33.8. The fourth-order valence-electron chi connectivity index (χ4n) is 13.4. The highest BCUT2D eigenvalue weighted by atomic mass is 79.9. The van der Waals surface area contributed by atoms with E-state index in [1.165, 1.54) is 48.8 Å². The summed E-state index contributed by atoms with van der Waals surface area (Å²) in [5, 5.41) is 10.7. The number of pyridine rings is 2. The van der Waals surface area contributed by atoms with Crippen LogP contribution in [-0.2, 0) is 72.1 Å². The largest absolute Gasteiger partial charge is 0.508 e. The zero-order valence-corrected chi connectivity index (χ0v) is 82.6. The molecule has 4 saturated heterocycles. The Morgan fingerprint density at radius 1 is 0.568 bits per heavy atom. The average Bonchev–Trinajstić information content (AvgIpc) is 1.60. The molecule has 0 radical (unpaired) electrons. The molecule has 0 amide bonds. The number of aromatic hydroxyl groups is 1. The molecular weight excluding hydrogens is 2020 g/mol. The van der Waals surface area contributed by atoms with E-state index in [4.69, 9.17) is 114 Å². The summed E-state index contributed by atoms with van der Waals surface area (Å²) in [4.78, 5) is 52.9. The van der Waals surface area contributed by atoms with Crippen LogP contribution in [0.25, 0.3) is 33.2 Å². The van der Waals surface area contributed by atoms with Crippen molar-refractivity contribution in [2.45, 2.75) is 155 Å². The third-order valence-corrected chi connectivity index (χ3v) is 28.2. The van der Waals surface area contributed by atoms with Crippen LogP contribution >= 0.6 is 89.9 Å². The van der Waals surface area contributed by atoms with Crippen molar-refractivity contribution < 1.29 is 118 Å². The van der Waals surface area contributed by atoms with Gasteiger partial charge in [0.25, 0.3) is 16.0 Å². The van der Waals surface area contributed by atoms with E-state index in [2.05, 4.69) is 56.3 Å². The number of carbonyl (C=O) groups is 3. The molecule has 4 N–H and O–H groups in total. The monoisotopic (exact) mass is 2110 g/mol. The molecule has 11 aromatic rings. The number of hydrogen-bond donors (Lipinski definition) is 4. The van der Waals surface area contributed by atoms with E-state index in [-0.39, 0.29) is 109 Å². The number of nitrogens with zero attached hydrogens (tertiary/aromatic N) is 3. The molecule has 3 unspecified atom stereocenters. The molecule has 3 atom stereocenters. The summed E-state index contributed by atoms with van der Waals surface area (Å²) in [7, 11) is -12.5. The molecule has 4 aliphatic rings. The van der Waals surface area contributed by atoms with Crippen LogP contribution < -0.4 is 24.4 Å². The van der Waals surface area contributed by atoms with Crippen LogP contribution in [0, 0.1) is 30.2 Å². The van der Waals surface area contributed by atoms with E-state index in [1.807, 2.05) is 74.4 Å². The van der Waals surface area contributed by atoms with E-state index in [1.54, 1.807) is 94.6 Å². The summed E-state index contributed by atoms with van der Waals surface area (Å²) < 4.78 is 203. The molecule has 0 bridgehead atoms. The number of aromatic nitrogens is 4. The number of carbonyl (C=O) groups excluding carboxylic acids is 3. The number of H-pyrrole nitrogens is 1.